The zero-order valence-electron chi connectivity index (χ0n) is 8.83. The fourth-order valence-corrected chi connectivity index (χ4v) is 1.14. The summed E-state index contributed by atoms with van der Waals surface area (Å²) in [6.07, 6.45) is 3.84. The van der Waals surface area contributed by atoms with Gasteiger partial charge in [-0.3, -0.25) is 4.79 Å². The predicted molar refractivity (Wildman–Crippen MR) is 55.1 cm³/mol. The highest BCUT2D eigenvalue weighted by Gasteiger charge is 2.13. The molecule has 0 aliphatic heterocycles. The molecule has 3 nitrogen and oxygen atoms in total. The van der Waals surface area contributed by atoms with Crippen molar-refractivity contribution in [3.8, 4) is 0 Å². The molecule has 0 saturated heterocycles. The van der Waals surface area contributed by atoms with Crippen LogP contribution in [0.15, 0.2) is 23.3 Å². The van der Waals surface area contributed by atoms with Gasteiger partial charge in [0.05, 0.1) is 5.57 Å². The molecule has 1 N–H and O–H groups in total. The van der Waals surface area contributed by atoms with Crippen LogP contribution in [-0.2, 0) is 9.59 Å². The molecule has 0 saturated carbocycles. The van der Waals surface area contributed by atoms with Crippen LogP contribution < -0.4 is 0 Å². The number of rotatable bonds is 5. The lowest BCUT2D eigenvalue weighted by Gasteiger charge is -2.05. The van der Waals surface area contributed by atoms with Gasteiger partial charge in [-0.15, -0.1) is 0 Å². The second-order valence-corrected chi connectivity index (χ2v) is 2.89. The smallest absolute Gasteiger partial charge is 0.335 e. The van der Waals surface area contributed by atoms with E-state index in [4.69, 9.17) is 5.11 Å². The average molecular weight is 196 g/mol. The second-order valence-electron chi connectivity index (χ2n) is 2.89. The molecule has 0 atom stereocenters. The highest BCUT2D eigenvalue weighted by Crippen LogP contribution is 2.15. The van der Waals surface area contributed by atoms with Crippen LogP contribution in [0.4, 0.5) is 0 Å². The van der Waals surface area contributed by atoms with Gasteiger partial charge in [-0.1, -0.05) is 19.1 Å². The maximum absolute atomic E-state index is 11.2. The van der Waals surface area contributed by atoms with Gasteiger partial charge in [0, 0.05) is 12.8 Å². The third-order valence-corrected chi connectivity index (χ3v) is 2.00. The highest BCUT2D eigenvalue weighted by atomic mass is 16.4. The van der Waals surface area contributed by atoms with Crippen LogP contribution in [0.1, 0.15) is 33.6 Å². The molecule has 0 aromatic carbocycles. The Balaban J connectivity index is 4.74. The minimum absolute atomic E-state index is 0.0544. The normalized spacial score (nSPS) is 12.8. The first-order valence-corrected chi connectivity index (χ1v) is 4.63. The monoisotopic (exact) mass is 196 g/mol. The molecule has 3 heteroatoms. The van der Waals surface area contributed by atoms with Gasteiger partial charge in [0.1, 0.15) is 5.78 Å². The van der Waals surface area contributed by atoms with Gasteiger partial charge < -0.3 is 5.11 Å². The number of Topliss-reactive ketones (excluding diaryl/α,β-unsaturated/α-hetero) is 1. The predicted octanol–water partition coefficient (Wildman–Crippen LogP) is 2.33. The van der Waals surface area contributed by atoms with Crippen molar-refractivity contribution in [3.63, 3.8) is 0 Å². The Morgan fingerprint density at radius 3 is 2.07 bits per heavy atom. The lowest BCUT2D eigenvalue weighted by atomic mass is 9.99. The van der Waals surface area contributed by atoms with E-state index < -0.39 is 5.97 Å². The van der Waals surface area contributed by atoms with Gasteiger partial charge in [0.25, 0.3) is 0 Å². The van der Waals surface area contributed by atoms with E-state index >= 15 is 0 Å². The fraction of sp³-hybridized carbons (Fsp3) is 0.455. The van der Waals surface area contributed by atoms with E-state index in [1.165, 1.54) is 6.08 Å². The summed E-state index contributed by atoms with van der Waals surface area (Å²) in [4.78, 5) is 21.9. The Morgan fingerprint density at radius 2 is 1.79 bits per heavy atom. The van der Waals surface area contributed by atoms with E-state index in [2.05, 4.69) is 0 Å². The van der Waals surface area contributed by atoms with Crippen LogP contribution in [0.3, 0.4) is 0 Å². The van der Waals surface area contributed by atoms with Crippen LogP contribution in [0.25, 0.3) is 0 Å². The first-order valence-electron chi connectivity index (χ1n) is 4.63. The Labute approximate surface area is 84.1 Å². The number of hydrogen-bond acceptors (Lipinski definition) is 2. The molecule has 0 amide bonds. The second kappa shape index (κ2) is 6.13. The highest BCUT2D eigenvalue weighted by molar-refractivity contribution is 5.94. The number of carboxylic acids is 1. The number of aliphatic carboxylic acids is 1. The molecule has 0 fully saturated rings. The Hall–Kier alpha value is -1.38. The molecule has 0 aromatic heterocycles. The molecule has 14 heavy (non-hydrogen) atoms. The first-order chi connectivity index (χ1) is 6.56. The minimum atomic E-state index is -0.982. The zero-order chi connectivity index (χ0) is 11.1. The van der Waals surface area contributed by atoms with Crippen LogP contribution in [-0.4, -0.2) is 16.9 Å². The molecule has 0 aromatic rings. The molecule has 0 unspecified atom stereocenters. The van der Waals surface area contributed by atoms with Crippen LogP contribution in [0, 0.1) is 0 Å². The standard InChI is InChI=1S/C11H16O3/c1-4-8(7-9(12)5-2)10(6-3)11(13)14/h4,6H,5,7H2,1-3H3,(H,13,14)/b8-4-,10-6+. The number of ketones is 1. The van der Waals surface area contributed by atoms with E-state index in [0.717, 1.165) is 0 Å². The topological polar surface area (TPSA) is 54.4 Å². The van der Waals surface area contributed by atoms with E-state index in [-0.39, 0.29) is 17.8 Å². The van der Waals surface area contributed by atoms with Crippen LogP contribution >= 0.6 is 0 Å². The van der Waals surface area contributed by atoms with Crippen molar-refractivity contribution < 1.29 is 14.7 Å². The van der Waals surface area contributed by atoms with Gasteiger partial charge >= 0.3 is 5.97 Å². The molecule has 0 aliphatic carbocycles. The number of hydrogen-bond donors (Lipinski definition) is 1. The number of carbonyl (C=O) groups excluding carboxylic acids is 1. The summed E-state index contributed by atoms with van der Waals surface area (Å²) >= 11 is 0. The summed E-state index contributed by atoms with van der Waals surface area (Å²) in [6, 6.07) is 0. The molecule has 0 rings (SSSR count). The Bertz CT molecular complexity index is 285. The summed E-state index contributed by atoms with van der Waals surface area (Å²) in [5.41, 5.74) is 0.807. The summed E-state index contributed by atoms with van der Waals surface area (Å²) in [6.45, 7) is 5.17. The largest absolute Gasteiger partial charge is 0.478 e. The molecule has 78 valence electrons. The van der Waals surface area contributed by atoms with Crippen molar-refractivity contribution in [2.45, 2.75) is 33.6 Å². The molecule has 0 spiro atoms. The summed E-state index contributed by atoms with van der Waals surface area (Å²) in [7, 11) is 0. The van der Waals surface area contributed by atoms with E-state index in [1.807, 2.05) is 0 Å². The molecule has 0 radical (unpaired) electrons. The number of carboxylic acid groups (broad SMARTS) is 1. The van der Waals surface area contributed by atoms with Crippen molar-refractivity contribution in [1.29, 1.82) is 0 Å². The molecular weight excluding hydrogens is 180 g/mol. The van der Waals surface area contributed by atoms with Crippen LogP contribution in [0.2, 0.25) is 0 Å². The van der Waals surface area contributed by atoms with Gasteiger partial charge in [-0.2, -0.15) is 0 Å². The first kappa shape index (κ1) is 12.6. The SMILES string of the molecule is C/C=C(CC(=O)CC)\C(=C/C)C(=O)O. The quantitative estimate of drug-likeness (QED) is 0.542. The van der Waals surface area contributed by atoms with Gasteiger partial charge in [0.2, 0.25) is 0 Å². The lowest BCUT2D eigenvalue weighted by molar-refractivity contribution is -0.132. The van der Waals surface area contributed by atoms with E-state index in [1.54, 1.807) is 26.8 Å². The third kappa shape index (κ3) is 3.56. The minimum Gasteiger partial charge on any atom is -0.478 e. The van der Waals surface area contributed by atoms with E-state index in [9.17, 15) is 9.59 Å². The van der Waals surface area contributed by atoms with E-state index in [0.29, 0.717) is 12.0 Å². The molecule has 0 aliphatic rings. The van der Waals surface area contributed by atoms with Crippen LogP contribution in [0.5, 0.6) is 0 Å². The number of allylic oxidation sites excluding steroid dienone is 2. The van der Waals surface area contributed by atoms with Gasteiger partial charge in [-0.25, -0.2) is 4.79 Å². The van der Waals surface area contributed by atoms with Crippen molar-refractivity contribution in [2.24, 2.45) is 0 Å². The maximum Gasteiger partial charge on any atom is 0.335 e. The maximum atomic E-state index is 11.2. The fourth-order valence-electron chi connectivity index (χ4n) is 1.14. The summed E-state index contributed by atoms with van der Waals surface area (Å²) in [5.74, 6) is -0.928. The van der Waals surface area contributed by atoms with Crippen molar-refractivity contribution in [1.82, 2.24) is 0 Å². The summed E-state index contributed by atoms with van der Waals surface area (Å²) in [5, 5.41) is 8.84. The summed E-state index contributed by atoms with van der Waals surface area (Å²) < 4.78 is 0. The zero-order valence-corrected chi connectivity index (χ0v) is 8.83. The number of carbonyl (C=O) groups is 2. The molecule has 0 heterocycles. The third-order valence-electron chi connectivity index (χ3n) is 2.00. The van der Waals surface area contributed by atoms with Crippen molar-refractivity contribution >= 4 is 11.8 Å². The lowest BCUT2D eigenvalue weighted by Crippen LogP contribution is -2.07. The average Bonchev–Trinajstić information content (AvgIpc) is 2.16. The van der Waals surface area contributed by atoms with Crippen molar-refractivity contribution in [2.75, 3.05) is 0 Å². The van der Waals surface area contributed by atoms with Crippen molar-refractivity contribution in [3.05, 3.63) is 23.3 Å². The van der Waals surface area contributed by atoms with Gasteiger partial charge in [-0.05, 0) is 19.4 Å². The Morgan fingerprint density at radius 1 is 1.21 bits per heavy atom. The Kier molecular flexibility index (Phi) is 5.53. The molecule has 0 bridgehead atoms. The van der Waals surface area contributed by atoms with Gasteiger partial charge in [0.15, 0.2) is 0 Å². The molecular formula is C11H16O3.